The number of quaternary nitrogens is 1. The number of rotatable bonds is 5. The summed E-state index contributed by atoms with van der Waals surface area (Å²) in [5.41, 5.74) is 0. The van der Waals surface area contributed by atoms with E-state index in [2.05, 4.69) is 9.78 Å². The van der Waals surface area contributed by atoms with Crippen molar-refractivity contribution in [2.45, 2.75) is 6.42 Å². The molecule has 0 aliphatic heterocycles. The summed E-state index contributed by atoms with van der Waals surface area (Å²) in [4.78, 5) is 19.5. The minimum absolute atomic E-state index is 0.273. The van der Waals surface area contributed by atoms with Crippen molar-refractivity contribution in [1.29, 1.82) is 5.26 Å². The van der Waals surface area contributed by atoms with Crippen molar-refractivity contribution >= 4 is 5.97 Å². The molecule has 0 radical (unpaired) electrons. The van der Waals surface area contributed by atoms with E-state index in [9.17, 15) is 4.79 Å². The number of carbonyl (C=O) groups is 1. The van der Waals surface area contributed by atoms with Crippen LogP contribution in [0.1, 0.15) is 6.42 Å². The van der Waals surface area contributed by atoms with Gasteiger partial charge in [0.2, 0.25) is 0 Å². The third-order valence-corrected chi connectivity index (χ3v) is 1.22. The van der Waals surface area contributed by atoms with Crippen molar-refractivity contribution in [2.24, 2.45) is 0 Å². The minimum Gasteiger partial charge on any atom is -0.329 e. The average Bonchev–Trinajstić information content (AvgIpc) is 1.97. The predicted octanol–water partition coefficient (Wildman–Crippen LogP) is 0.0811. The van der Waals surface area contributed by atoms with Crippen LogP contribution < -0.4 is 0 Å². The molecule has 5 heteroatoms. The van der Waals surface area contributed by atoms with Gasteiger partial charge in [-0.25, -0.2) is 4.79 Å². The Bertz CT molecular complexity index is 202. The first-order chi connectivity index (χ1) is 5.95. The molecule has 0 aliphatic carbocycles. The number of hydrogen-bond donors (Lipinski definition) is 0. The van der Waals surface area contributed by atoms with Crippen molar-refractivity contribution in [2.75, 3.05) is 34.3 Å². The molecule has 0 fully saturated rings. The van der Waals surface area contributed by atoms with Crippen molar-refractivity contribution in [1.82, 2.24) is 0 Å². The summed E-state index contributed by atoms with van der Waals surface area (Å²) in [6, 6.07) is 1.67. The Morgan fingerprint density at radius 2 is 2.08 bits per heavy atom. The quantitative estimate of drug-likeness (QED) is 0.265. The fourth-order valence-electron chi connectivity index (χ4n) is 0.513. The molecule has 0 aromatic carbocycles. The molecule has 0 aromatic rings. The van der Waals surface area contributed by atoms with Crippen LogP contribution >= 0.6 is 0 Å². The first-order valence-electron chi connectivity index (χ1n) is 3.95. The lowest BCUT2D eigenvalue weighted by atomic mass is 10.5. The van der Waals surface area contributed by atoms with Gasteiger partial charge in [0.15, 0.2) is 0 Å². The largest absolute Gasteiger partial charge is 0.356 e. The Morgan fingerprint density at radius 3 is 2.54 bits per heavy atom. The van der Waals surface area contributed by atoms with Gasteiger partial charge >= 0.3 is 5.97 Å². The van der Waals surface area contributed by atoms with Crippen molar-refractivity contribution in [3.63, 3.8) is 0 Å². The highest BCUT2D eigenvalue weighted by Crippen LogP contribution is 1.91. The molecular weight excluding hydrogens is 172 g/mol. The fourth-order valence-corrected chi connectivity index (χ4v) is 0.513. The van der Waals surface area contributed by atoms with Crippen molar-refractivity contribution in [3.05, 3.63) is 0 Å². The molecule has 0 N–H and O–H groups in total. The summed E-state index contributed by atoms with van der Waals surface area (Å²) in [6.45, 7) is 1.07. The lowest BCUT2D eigenvalue weighted by Gasteiger charge is -2.22. The Labute approximate surface area is 78.0 Å². The molecule has 0 heterocycles. The maximum atomic E-state index is 10.6. The number of likely N-dealkylation sites (N-methyl/N-ethyl adjacent to an activating group) is 1. The van der Waals surface area contributed by atoms with Gasteiger partial charge in [0.05, 0.1) is 27.2 Å². The number of nitrogens with zero attached hydrogens (tertiary/aromatic N) is 2. The monoisotopic (exact) mass is 187 g/mol. The van der Waals surface area contributed by atoms with E-state index in [0.29, 0.717) is 6.61 Å². The van der Waals surface area contributed by atoms with Crippen LogP contribution in [0.15, 0.2) is 0 Å². The summed E-state index contributed by atoms with van der Waals surface area (Å²) in [5, 5.41) is 8.11. The molecule has 5 nitrogen and oxygen atoms in total. The first kappa shape index (κ1) is 11.9. The zero-order chi connectivity index (χ0) is 10.3. The molecule has 0 spiro atoms. The normalized spacial score (nSPS) is 10.6. The van der Waals surface area contributed by atoms with Crippen LogP contribution in [-0.4, -0.2) is 44.7 Å². The highest BCUT2D eigenvalue weighted by Gasteiger charge is 2.08. The standard InChI is InChI=1S/C8H15N2O3/c1-10(2,3)6-7-12-13-8(11)4-5-9/h4,6-7H2,1-3H3/q+1. The smallest absolute Gasteiger partial charge is 0.329 e. The van der Waals surface area contributed by atoms with Gasteiger partial charge < -0.3 is 4.48 Å². The topological polar surface area (TPSA) is 59.3 Å². The number of carbonyl (C=O) groups excluding carboxylic acids is 1. The van der Waals surface area contributed by atoms with Crippen LogP contribution in [0.25, 0.3) is 0 Å². The van der Waals surface area contributed by atoms with Gasteiger partial charge in [0, 0.05) is 0 Å². The minimum atomic E-state index is -0.649. The molecule has 0 unspecified atom stereocenters. The molecule has 0 atom stereocenters. The molecule has 0 saturated heterocycles. The second-order valence-corrected chi connectivity index (χ2v) is 3.63. The van der Waals surface area contributed by atoms with E-state index >= 15 is 0 Å². The SMILES string of the molecule is C[N+](C)(C)CCOOC(=O)CC#N. The van der Waals surface area contributed by atoms with Crippen molar-refractivity contribution in [3.8, 4) is 6.07 Å². The van der Waals surface area contributed by atoms with Crippen LogP contribution in [0.2, 0.25) is 0 Å². The maximum absolute atomic E-state index is 10.6. The van der Waals surface area contributed by atoms with Gasteiger partial charge in [0.25, 0.3) is 0 Å². The van der Waals surface area contributed by atoms with E-state index in [0.717, 1.165) is 11.0 Å². The summed E-state index contributed by atoms with van der Waals surface area (Å²) in [5.74, 6) is -0.649. The lowest BCUT2D eigenvalue weighted by molar-refractivity contribution is -0.871. The molecule has 0 rings (SSSR count). The summed E-state index contributed by atoms with van der Waals surface area (Å²) < 4.78 is 0.732. The molecular formula is C8H15N2O3+. The highest BCUT2D eigenvalue weighted by atomic mass is 17.2. The molecule has 0 amide bonds. The Kier molecular flexibility index (Phi) is 5.04. The van der Waals surface area contributed by atoms with Crippen LogP contribution in [0.3, 0.4) is 0 Å². The van der Waals surface area contributed by atoms with Crippen molar-refractivity contribution < 1.29 is 19.1 Å². The molecule has 0 aromatic heterocycles. The first-order valence-corrected chi connectivity index (χ1v) is 3.95. The van der Waals surface area contributed by atoms with E-state index in [1.165, 1.54) is 0 Å². The summed E-state index contributed by atoms with van der Waals surface area (Å²) >= 11 is 0. The fraction of sp³-hybridized carbons (Fsp3) is 0.750. The average molecular weight is 187 g/mol. The second kappa shape index (κ2) is 5.51. The molecule has 0 aliphatic rings. The zero-order valence-corrected chi connectivity index (χ0v) is 8.24. The van der Waals surface area contributed by atoms with E-state index in [-0.39, 0.29) is 6.42 Å². The third-order valence-electron chi connectivity index (χ3n) is 1.22. The van der Waals surface area contributed by atoms with Crippen LogP contribution in [-0.2, 0) is 14.6 Å². The zero-order valence-electron chi connectivity index (χ0n) is 8.24. The van der Waals surface area contributed by atoms with Gasteiger partial charge in [-0.1, -0.05) is 0 Å². The second-order valence-electron chi connectivity index (χ2n) is 3.63. The highest BCUT2D eigenvalue weighted by molar-refractivity contribution is 5.71. The molecule has 0 saturated carbocycles. The Balaban J connectivity index is 3.37. The Morgan fingerprint density at radius 1 is 1.46 bits per heavy atom. The van der Waals surface area contributed by atoms with Gasteiger partial charge in [-0.05, 0) is 0 Å². The molecule has 13 heavy (non-hydrogen) atoms. The van der Waals surface area contributed by atoms with E-state index < -0.39 is 5.97 Å². The van der Waals surface area contributed by atoms with Gasteiger partial charge in [-0.15, -0.1) is 0 Å². The van der Waals surface area contributed by atoms with Crippen LogP contribution in [0, 0.1) is 11.3 Å². The predicted molar refractivity (Wildman–Crippen MR) is 45.2 cm³/mol. The summed E-state index contributed by atoms with van der Waals surface area (Å²) in [6.07, 6.45) is -0.273. The van der Waals surface area contributed by atoms with Crippen LogP contribution in [0.5, 0.6) is 0 Å². The maximum Gasteiger partial charge on any atom is 0.356 e. The van der Waals surface area contributed by atoms with Crippen LogP contribution in [0.4, 0.5) is 0 Å². The molecule has 74 valence electrons. The summed E-state index contributed by atoms with van der Waals surface area (Å²) in [7, 11) is 6.00. The number of hydrogen-bond acceptors (Lipinski definition) is 4. The number of nitriles is 1. The van der Waals surface area contributed by atoms with Gasteiger partial charge in [-0.3, -0.25) is 4.89 Å². The lowest BCUT2D eigenvalue weighted by Crippen LogP contribution is -2.37. The third kappa shape index (κ3) is 8.79. The van der Waals surface area contributed by atoms with Gasteiger partial charge in [0.1, 0.15) is 19.6 Å². The van der Waals surface area contributed by atoms with Gasteiger partial charge in [-0.2, -0.15) is 10.1 Å². The van der Waals surface area contributed by atoms with E-state index in [4.69, 9.17) is 5.26 Å². The molecule has 0 bridgehead atoms. The van der Waals surface area contributed by atoms with E-state index in [1.54, 1.807) is 6.07 Å². The van der Waals surface area contributed by atoms with E-state index in [1.807, 2.05) is 21.1 Å². The Hall–Kier alpha value is -1.12.